The van der Waals surface area contributed by atoms with Crippen molar-refractivity contribution in [1.82, 2.24) is 25.1 Å². The quantitative estimate of drug-likeness (QED) is 0.321. The number of hydrogen-bond acceptors (Lipinski definition) is 7. The number of amides is 2. The second-order valence-electron chi connectivity index (χ2n) is 7.43. The van der Waals surface area contributed by atoms with Crippen LogP contribution in [0.25, 0.3) is 11.3 Å². The predicted molar refractivity (Wildman–Crippen MR) is 135 cm³/mol. The Balaban J connectivity index is 1.34. The van der Waals surface area contributed by atoms with Gasteiger partial charge in [0.15, 0.2) is 16.1 Å². The second-order valence-corrected chi connectivity index (χ2v) is 9.58. The number of halogens is 1. The van der Waals surface area contributed by atoms with Crippen LogP contribution in [0.1, 0.15) is 28.0 Å². The molecule has 0 spiro atoms. The van der Waals surface area contributed by atoms with Crippen molar-refractivity contribution in [3.05, 3.63) is 76.7 Å². The third-order valence-electron chi connectivity index (χ3n) is 5.06. The lowest BCUT2D eigenvalue weighted by atomic mass is 10.1. The van der Waals surface area contributed by atoms with Crippen LogP contribution in [-0.4, -0.2) is 37.3 Å². The smallest absolute Gasteiger partial charge is 0.254 e. The first-order chi connectivity index (χ1) is 17.0. The molecule has 2 N–H and O–H groups in total. The van der Waals surface area contributed by atoms with Gasteiger partial charge in [-0.25, -0.2) is 9.37 Å². The zero-order valence-corrected chi connectivity index (χ0v) is 20.8. The van der Waals surface area contributed by atoms with Gasteiger partial charge in [0, 0.05) is 17.0 Å². The summed E-state index contributed by atoms with van der Waals surface area (Å²) in [6.45, 7) is 4.52. The lowest BCUT2D eigenvalue weighted by Gasteiger charge is -2.09. The Morgan fingerprint density at radius 3 is 2.57 bits per heavy atom. The number of benzene rings is 2. The maximum atomic E-state index is 13.8. The minimum Gasteiger partial charge on any atom is -0.345 e. The van der Waals surface area contributed by atoms with Crippen molar-refractivity contribution in [2.45, 2.75) is 32.1 Å². The molecule has 0 saturated carbocycles. The molecule has 0 radical (unpaired) electrons. The van der Waals surface area contributed by atoms with Crippen LogP contribution in [0.2, 0.25) is 0 Å². The van der Waals surface area contributed by atoms with E-state index in [0.717, 1.165) is 16.1 Å². The van der Waals surface area contributed by atoms with Crippen LogP contribution in [0, 0.1) is 12.7 Å². The molecule has 2 amide bonds. The van der Waals surface area contributed by atoms with Crippen LogP contribution in [0.15, 0.2) is 59.8 Å². The SMILES string of the molecule is CCn1c(CNC(=O)c2ccccc2F)nnc1SCC(=O)Nc1nc(-c2ccccc2)c(C)s1. The predicted octanol–water partition coefficient (Wildman–Crippen LogP) is 4.53. The number of carbonyl (C=O) groups is 2. The molecule has 11 heteroatoms. The number of nitrogens with one attached hydrogen (secondary N) is 2. The molecule has 0 atom stereocenters. The molecule has 2 heterocycles. The number of anilines is 1. The lowest BCUT2D eigenvalue weighted by molar-refractivity contribution is -0.113. The van der Waals surface area contributed by atoms with E-state index in [9.17, 15) is 14.0 Å². The fraction of sp³-hybridized carbons (Fsp3) is 0.208. The zero-order chi connectivity index (χ0) is 24.8. The van der Waals surface area contributed by atoms with Crippen molar-refractivity contribution >= 4 is 40.0 Å². The molecule has 0 unspecified atom stereocenters. The van der Waals surface area contributed by atoms with Gasteiger partial charge in [-0.15, -0.1) is 21.5 Å². The van der Waals surface area contributed by atoms with Gasteiger partial charge < -0.3 is 15.2 Å². The van der Waals surface area contributed by atoms with Gasteiger partial charge in [0.25, 0.3) is 5.91 Å². The Labute approximate surface area is 210 Å². The summed E-state index contributed by atoms with van der Waals surface area (Å²) < 4.78 is 15.6. The summed E-state index contributed by atoms with van der Waals surface area (Å²) in [6, 6.07) is 15.6. The third-order valence-corrected chi connectivity index (χ3v) is 6.91. The minimum atomic E-state index is -0.587. The molecular formula is C24H23FN6O2S2. The number of carbonyl (C=O) groups excluding carboxylic acids is 2. The number of thioether (sulfide) groups is 1. The number of aromatic nitrogens is 4. The van der Waals surface area contributed by atoms with Crippen molar-refractivity contribution in [3.63, 3.8) is 0 Å². The van der Waals surface area contributed by atoms with E-state index in [1.807, 2.05) is 44.2 Å². The van der Waals surface area contributed by atoms with Crippen molar-refractivity contribution in [2.75, 3.05) is 11.1 Å². The van der Waals surface area contributed by atoms with Gasteiger partial charge in [-0.05, 0) is 26.0 Å². The van der Waals surface area contributed by atoms with Gasteiger partial charge >= 0.3 is 0 Å². The van der Waals surface area contributed by atoms with Crippen LogP contribution < -0.4 is 10.6 Å². The van der Waals surface area contributed by atoms with Crippen molar-refractivity contribution < 1.29 is 14.0 Å². The Bertz CT molecular complexity index is 1340. The maximum absolute atomic E-state index is 13.8. The Kier molecular flexibility index (Phi) is 7.88. The van der Waals surface area contributed by atoms with Gasteiger partial charge in [-0.1, -0.05) is 54.2 Å². The summed E-state index contributed by atoms with van der Waals surface area (Å²) in [5, 5.41) is 14.9. The van der Waals surface area contributed by atoms with Gasteiger partial charge in [0.05, 0.1) is 23.6 Å². The van der Waals surface area contributed by atoms with Gasteiger partial charge in [-0.2, -0.15) is 0 Å². The third kappa shape index (κ3) is 5.92. The number of rotatable bonds is 9. The molecule has 4 rings (SSSR count). The molecule has 2 aromatic heterocycles. The van der Waals surface area contributed by atoms with E-state index in [-0.39, 0.29) is 23.8 Å². The summed E-state index contributed by atoms with van der Waals surface area (Å²) in [4.78, 5) is 30.4. The van der Waals surface area contributed by atoms with E-state index in [4.69, 9.17) is 0 Å². The first-order valence-electron chi connectivity index (χ1n) is 10.9. The summed E-state index contributed by atoms with van der Waals surface area (Å²) in [5.74, 6) is -0.683. The largest absolute Gasteiger partial charge is 0.345 e. The molecule has 0 aliphatic rings. The fourth-order valence-electron chi connectivity index (χ4n) is 3.37. The van der Waals surface area contributed by atoms with E-state index in [2.05, 4.69) is 25.8 Å². The molecule has 0 fully saturated rings. The van der Waals surface area contributed by atoms with Gasteiger partial charge in [0.1, 0.15) is 5.82 Å². The summed E-state index contributed by atoms with van der Waals surface area (Å²) in [6.07, 6.45) is 0. The highest BCUT2D eigenvalue weighted by Crippen LogP contribution is 2.30. The standard InChI is InChI=1S/C24H23FN6O2S2/c1-3-31-19(13-26-22(33)17-11-7-8-12-18(17)25)29-30-24(31)34-14-20(32)27-23-28-21(15(2)35-23)16-9-5-4-6-10-16/h4-12H,3,13-14H2,1-2H3,(H,26,33)(H,27,28,32). The average molecular weight is 511 g/mol. The summed E-state index contributed by atoms with van der Waals surface area (Å²) in [7, 11) is 0. The molecule has 0 aliphatic carbocycles. The Morgan fingerprint density at radius 2 is 1.83 bits per heavy atom. The molecule has 2 aromatic carbocycles. The van der Waals surface area contributed by atoms with Crippen molar-refractivity contribution in [1.29, 1.82) is 0 Å². The monoisotopic (exact) mass is 510 g/mol. The van der Waals surface area contributed by atoms with E-state index in [1.165, 1.54) is 41.3 Å². The van der Waals surface area contributed by atoms with E-state index in [0.29, 0.717) is 22.7 Å². The highest BCUT2D eigenvalue weighted by atomic mass is 32.2. The Hall–Kier alpha value is -3.57. The van der Waals surface area contributed by atoms with Crippen LogP contribution in [-0.2, 0) is 17.9 Å². The second kappa shape index (κ2) is 11.2. The fourth-order valence-corrected chi connectivity index (χ4v) is 5.05. The normalized spacial score (nSPS) is 10.8. The van der Waals surface area contributed by atoms with E-state index < -0.39 is 11.7 Å². The Morgan fingerprint density at radius 1 is 1.09 bits per heavy atom. The topological polar surface area (TPSA) is 102 Å². The maximum Gasteiger partial charge on any atom is 0.254 e. The lowest BCUT2D eigenvalue weighted by Crippen LogP contribution is -2.25. The first kappa shape index (κ1) is 24.6. The van der Waals surface area contributed by atoms with E-state index >= 15 is 0 Å². The molecule has 0 bridgehead atoms. The number of thiazole rings is 1. The van der Waals surface area contributed by atoms with Crippen LogP contribution in [0.4, 0.5) is 9.52 Å². The molecule has 35 heavy (non-hydrogen) atoms. The summed E-state index contributed by atoms with van der Waals surface area (Å²) in [5.41, 5.74) is 1.82. The number of nitrogens with zero attached hydrogens (tertiary/aromatic N) is 4. The average Bonchev–Trinajstić information content (AvgIpc) is 3.44. The minimum absolute atomic E-state index is 0.0332. The van der Waals surface area contributed by atoms with Crippen molar-refractivity contribution in [3.8, 4) is 11.3 Å². The molecule has 0 saturated heterocycles. The molecule has 0 aliphatic heterocycles. The van der Waals surface area contributed by atoms with Gasteiger partial charge in [0.2, 0.25) is 5.91 Å². The molecule has 8 nitrogen and oxygen atoms in total. The highest BCUT2D eigenvalue weighted by Gasteiger charge is 2.17. The zero-order valence-electron chi connectivity index (χ0n) is 19.1. The highest BCUT2D eigenvalue weighted by molar-refractivity contribution is 7.99. The summed E-state index contributed by atoms with van der Waals surface area (Å²) >= 11 is 2.67. The van der Waals surface area contributed by atoms with Crippen molar-refractivity contribution in [2.24, 2.45) is 0 Å². The van der Waals surface area contributed by atoms with Crippen LogP contribution >= 0.6 is 23.1 Å². The number of hydrogen-bond donors (Lipinski definition) is 2. The van der Waals surface area contributed by atoms with E-state index in [1.54, 1.807) is 10.6 Å². The molecular weight excluding hydrogens is 487 g/mol. The number of aryl methyl sites for hydroxylation is 1. The van der Waals surface area contributed by atoms with Crippen LogP contribution in [0.3, 0.4) is 0 Å². The first-order valence-corrected chi connectivity index (χ1v) is 12.7. The molecule has 4 aromatic rings. The van der Waals surface area contributed by atoms with Gasteiger partial charge in [-0.3, -0.25) is 9.59 Å². The molecule has 180 valence electrons. The van der Waals surface area contributed by atoms with Crippen LogP contribution in [0.5, 0.6) is 0 Å².